The molecule has 1 aliphatic carbocycles. The highest BCUT2D eigenvalue weighted by molar-refractivity contribution is 7.26. The highest BCUT2D eigenvalue weighted by atomic mass is 32.1. The summed E-state index contributed by atoms with van der Waals surface area (Å²) in [5.41, 5.74) is 13.8. The van der Waals surface area contributed by atoms with Gasteiger partial charge in [-0.15, -0.1) is 11.3 Å². The van der Waals surface area contributed by atoms with Gasteiger partial charge in [-0.25, -0.2) is 9.97 Å². The lowest BCUT2D eigenvalue weighted by molar-refractivity contribution is 0.714. The van der Waals surface area contributed by atoms with Gasteiger partial charge in [-0.05, 0) is 64.1 Å². The first-order valence-electron chi connectivity index (χ1n) is 17.4. The van der Waals surface area contributed by atoms with Gasteiger partial charge >= 0.3 is 0 Å². The molecule has 3 heteroatoms. The number of nitrogens with zero attached hydrogens (tertiary/aromatic N) is 2. The second-order valence-corrected chi connectivity index (χ2v) is 14.5. The van der Waals surface area contributed by atoms with Crippen molar-refractivity contribution in [1.82, 2.24) is 9.97 Å². The molecule has 0 unspecified atom stereocenters. The molecule has 10 rings (SSSR count). The molecule has 0 radical (unpaired) electrons. The normalized spacial score (nSPS) is 13.0. The van der Waals surface area contributed by atoms with Crippen molar-refractivity contribution in [2.24, 2.45) is 0 Å². The van der Waals surface area contributed by atoms with Gasteiger partial charge in [0.05, 0.1) is 11.4 Å². The van der Waals surface area contributed by atoms with Gasteiger partial charge in [0, 0.05) is 42.3 Å². The Morgan fingerprint density at radius 2 is 1.02 bits per heavy atom. The summed E-state index contributed by atoms with van der Waals surface area (Å²) in [6.07, 6.45) is 0. The average molecular weight is 669 g/mol. The number of benzene rings is 7. The molecule has 0 bridgehead atoms. The van der Waals surface area contributed by atoms with Crippen LogP contribution in [0.3, 0.4) is 0 Å². The van der Waals surface area contributed by atoms with Crippen molar-refractivity contribution in [3.05, 3.63) is 193 Å². The summed E-state index contributed by atoms with van der Waals surface area (Å²) < 4.78 is 2.53. The fourth-order valence-electron chi connectivity index (χ4n) is 8.02. The fourth-order valence-corrected chi connectivity index (χ4v) is 9.24. The maximum absolute atomic E-state index is 5.18. The Hall–Kier alpha value is -6.16. The molecule has 1 aliphatic rings. The first kappa shape index (κ1) is 29.7. The van der Waals surface area contributed by atoms with Crippen LogP contribution in [0.2, 0.25) is 0 Å². The molecular weight excluding hydrogens is 637 g/mol. The first-order chi connectivity index (χ1) is 25.1. The molecule has 2 heterocycles. The van der Waals surface area contributed by atoms with E-state index in [-0.39, 0.29) is 5.41 Å². The van der Waals surface area contributed by atoms with E-state index < -0.39 is 0 Å². The van der Waals surface area contributed by atoms with Gasteiger partial charge in [0.2, 0.25) is 0 Å². The number of aromatic nitrogens is 2. The van der Waals surface area contributed by atoms with E-state index in [1.807, 2.05) is 29.5 Å². The number of rotatable bonds is 5. The Bertz CT molecular complexity index is 2710. The second kappa shape index (κ2) is 11.7. The molecule has 0 saturated heterocycles. The molecule has 9 aromatic rings. The Morgan fingerprint density at radius 1 is 0.431 bits per heavy atom. The maximum atomic E-state index is 5.18. The Morgan fingerprint density at radius 3 is 1.80 bits per heavy atom. The van der Waals surface area contributed by atoms with Crippen LogP contribution in [-0.2, 0) is 5.41 Å². The van der Waals surface area contributed by atoms with Crippen LogP contribution in [0.5, 0.6) is 0 Å². The molecule has 0 aliphatic heterocycles. The molecule has 0 fully saturated rings. The van der Waals surface area contributed by atoms with E-state index in [4.69, 9.17) is 9.97 Å². The van der Waals surface area contributed by atoms with Crippen molar-refractivity contribution in [2.45, 2.75) is 12.3 Å². The summed E-state index contributed by atoms with van der Waals surface area (Å²) in [5, 5.41) is 2.55. The van der Waals surface area contributed by atoms with Crippen molar-refractivity contribution in [2.75, 3.05) is 0 Å². The lowest BCUT2D eigenvalue weighted by atomic mass is 9.74. The van der Waals surface area contributed by atoms with Crippen LogP contribution in [0.1, 0.15) is 23.6 Å². The minimum absolute atomic E-state index is 0.212. The van der Waals surface area contributed by atoms with E-state index >= 15 is 0 Å². The minimum atomic E-state index is -0.212. The molecule has 2 aromatic heterocycles. The summed E-state index contributed by atoms with van der Waals surface area (Å²) in [6, 6.07) is 63.3. The van der Waals surface area contributed by atoms with Crippen LogP contribution in [0.15, 0.2) is 176 Å². The van der Waals surface area contributed by atoms with Crippen LogP contribution in [0, 0.1) is 0 Å². The third-order valence-corrected chi connectivity index (χ3v) is 11.8. The van der Waals surface area contributed by atoms with E-state index in [2.05, 4.69) is 165 Å². The zero-order valence-corrected chi connectivity index (χ0v) is 28.9. The summed E-state index contributed by atoms with van der Waals surface area (Å²) >= 11 is 1.83. The van der Waals surface area contributed by atoms with Gasteiger partial charge in [0.25, 0.3) is 0 Å². The van der Waals surface area contributed by atoms with Crippen molar-refractivity contribution in [1.29, 1.82) is 0 Å². The zero-order valence-electron chi connectivity index (χ0n) is 28.0. The predicted molar refractivity (Wildman–Crippen MR) is 214 cm³/mol. The van der Waals surface area contributed by atoms with Crippen LogP contribution in [0.25, 0.3) is 76.3 Å². The van der Waals surface area contributed by atoms with Crippen LogP contribution in [-0.4, -0.2) is 9.97 Å². The van der Waals surface area contributed by atoms with Crippen molar-refractivity contribution < 1.29 is 0 Å². The second-order valence-electron chi connectivity index (χ2n) is 13.5. The molecule has 0 atom stereocenters. The Kier molecular flexibility index (Phi) is 6.83. The number of hydrogen-bond acceptors (Lipinski definition) is 3. The summed E-state index contributed by atoms with van der Waals surface area (Å²) in [5.74, 6) is 0.723. The van der Waals surface area contributed by atoms with E-state index in [0.29, 0.717) is 0 Å². The number of hydrogen-bond donors (Lipinski definition) is 0. The maximum Gasteiger partial charge on any atom is 0.160 e. The Labute approximate surface area is 301 Å². The lowest BCUT2D eigenvalue weighted by Gasteiger charge is -2.28. The monoisotopic (exact) mass is 668 g/mol. The topological polar surface area (TPSA) is 25.8 Å². The predicted octanol–water partition coefficient (Wildman–Crippen LogP) is 12.8. The van der Waals surface area contributed by atoms with Gasteiger partial charge in [-0.2, -0.15) is 0 Å². The first-order valence-corrected chi connectivity index (χ1v) is 18.2. The number of fused-ring (bicyclic) bond motifs is 6. The summed E-state index contributed by atoms with van der Waals surface area (Å²) in [7, 11) is 0. The zero-order chi connectivity index (χ0) is 33.9. The van der Waals surface area contributed by atoms with E-state index in [9.17, 15) is 0 Å². The van der Waals surface area contributed by atoms with Crippen LogP contribution >= 0.6 is 11.3 Å². The molecule has 0 N–H and O–H groups in total. The highest BCUT2D eigenvalue weighted by Crippen LogP contribution is 2.52. The fraction of sp³-hybridized carbons (Fsp3) is 0.0417. The van der Waals surface area contributed by atoms with Crippen LogP contribution < -0.4 is 0 Å². The van der Waals surface area contributed by atoms with Gasteiger partial charge in [0.15, 0.2) is 5.82 Å². The largest absolute Gasteiger partial charge is 0.228 e. The molecule has 7 aromatic carbocycles. The molecule has 0 amide bonds. The van der Waals surface area contributed by atoms with Gasteiger partial charge in [0.1, 0.15) is 0 Å². The van der Waals surface area contributed by atoms with Crippen molar-refractivity contribution in [3.8, 4) is 56.2 Å². The van der Waals surface area contributed by atoms with Gasteiger partial charge in [-0.3, -0.25) is 0 Å². The molecule has 0 saturated carbocycles. The Balaban J connectivity index is 1.07. The van der Waals surface area contributed by atoms with Crippen LogP contribution in [0.4, 0.5) is 0 Å². The van der Waals surface area contributed by atoms with Crippen molar-refractivity contribution in [3.63, 3.8) is 0 Å². The number of thiophene rings is 1. The van der Waals surface area contributed by atoms with Gasteiger partial charge in [-0.1, -0.05) is 158 Å². The smallest absolute Gasteiger partial charge is 0.160 e. The SMILES string of the molecule is CC1(c2ccc(-c3cccc(-c4cc(-c5cccc6c5sc5ccccc56)nc(-c5ccccc5)n4)c3)cc2)c2ccccc2-c2ccccc21. The average Bonchev–Trinajstić information content (AvgIpc) is 3.72. The highest BCUT2D eigenvalue weighted by Gasteiger charge is 2.40. The van der Waals surface area contributed by atoms with E-state index in [1.54, 1.807) is 0 Å². The third kappa shape index (κ3) is 4.77. The van der Waals surface area contributed by atoms with E-state index in [1.165, 1.54) is 53.6 Å². The summed E-state index contributed by atoms with van der Waals surface area (Å²) in [6.45, 7) is 2.36. The standard InChI is InChI=1S/C48H32N2S/c1-48(41-22-8-5-17-36(41)37-18-6-9-23-42(37)48)35-27-25-31(26-28-35)33-15-11-16-34(29-33)43-30-44(50-47(49-43)32-13-3-2-4-14-32)40-21-12-20-39-38-19-7-10-24-45(38)51-46(39)40/h2-30H,1H3. The molecular formula is C48H32N2S. The molecule has 51 heavy (non-hydrogen) atoms. The molecule has 2 nitrogen and oxygen atoms in total. The third-order valence-electron chi connectivity index (χ3n) is 10.6. The van der Waals surface area contributed by atoms with Gasteiger partial charge < -0.3 is 0 Å². The van der Waals surface area contributed by atoms with E-state index in [0.717, 1.165) is 39.5 Å². The summed E-state index contributed by atoms with van der Waals surface area (Å²) in [4.78, 5) is 10.3. The minimum Gasteiger partial charge on any atom is -0.228 e. The quantitative estimate of drug-likeness (QED) is 0.182. The lowest BCUT2D eigenvalue weighted by Crippen LogP contribution is -2.22. The molecule has 0 spiro atoms. The van der Waals surface area contributed by atoms with Crippen molar-refractivity contribution >= 4 is 31.5 Å². The molecule has 240 valence electrons.